The summed E-state index contributed by atoms with van der Waals surface area (Å²) in [7, 11) is 0. The Morgan fingerprint density at radius 3 is 2.88 bits per heavy atom. The van der Waals surface area contributed by atoms with Crippen molar-refractivity contribution in [2.45, 2.75) is 64.1 Å². The van der Waals surface area contributed by atoms with E-state index in [4.69, 9.17) is 4.74 Å². The van der Waals surface area contributed by atoms with Gasteiger partial charge in [0.05, 0.1) is 24.1 Å². The summed E-state index contributed by atoms with van der Waals surface area (Å²) < 4.78 is 7.71. The number of carbonyl (C=O) groups is 1. The zero-order valence-electron chi connectivity index (χ0n) is 15.0. The van der Waals surface area contributed by atoms with Crippen molar-refractivity contribution in [3.63, 3.8) is 0 Å². The number of amides is 1. The van der Waals surface area contributed by atoms with Crippen molar-refractivity contribution in [3.05, 3.63) is 36.6 Å². The van der Waals surface area contributed by atoms with Gasteiger partial charge in [-0.1, -0.05) is 6.08 Å². The molecular weight excluding hydrogens is 316 g/mol. The molecule has 4 heterocycles. The van der Waals surface area contributed by atoms with E-state index < -0.39 is 5.60 Å². The fourth-order valence-electron chi connectivity index (χ4n) is 3.90. The first-order chi connectivity index (χ1) is 11.9. The summed E-state index contributed by atoms with van der Waals surface area (Å²) in [5.74, 6) is 0. The number of piperidine rings is 1. The van der Waals surface area contributed by atoms with E-state index in [1.54, 1.807) is 12.4 Å². The van der Waals surface area contributed by atoms with Gasteiger partial charge in [0.1, 0.15) is 5.60 Å². The molecule has 2 atom stereocenters. The standard InChI is InChI=1S/C19H24N4O2/c1-19(2,3)25-18(24)23-14-5-4-6-15(23)10-13(9-14)16-11-21-17-12-20-7-8-22(16)17/h7-9,11-12,14-15H,4-6,10H2,1-3H3. The van der Waals surface area contributed by atoms with Crippen LogP contribution in [-0.2, 0) is 4.74 Å². The minimum Gasteiger partial charge on any atom is -0.444 e. The lowest BCUT2D eigenvalue weighted by Crippen LogP contribution is -2.53. The summed E-state index contributed by atoms with van der Waals surface area (Å²) >= 11 is 0. The Bertz CT molecular complexity index is 833. The van der Waals surface area contributed by atoms with Gasteiger partial charge >= 0.3 is 6.09 Å². The molecule has 0 N–H and O–H groups in total. The topological polar surface area (TPSA) is 59.7 Å². The van der Waals surface area contributed by atoms with E-state index in [0.29, 0.717) is 0 Å². The highest BCUT2D eigenvalue weighted by Crippen LogP contribution is 2.38. The van der Waals surface area contributed by atoms with Crippen molar-refractivity contribution in [3.8, 4) is 0 Å². The molecule has 1 amide bonds. The highest BCUT2D eigenvalue weighted by atomic mass is 16.6. The van der Waals surface area contributed by atoms with Gasteiger partial charge in [0.2, 0.25) is 0 Å². The number of rotatable bonds is 1. The molecule has 2 bridgehead atoms. The zero-order valence-corrected chi connectivity index (χ0v) is 15.0. The normalized spacial score (nSPS) is 23.5. The summed E-state index contributed by atoms with van der Waals surface area (Å²) in [6.07, 6.45) is 13.4. The van der Waals surface area contributed by atoms with Crippen molar-refractivity contribution in [2.75, 3.05) is 0 Å². The van der Waals surface area contributed by atoms with Crippen LogP contribution in [0.5, 0.6) is 0 Å². The van der Waals surface area contributed by atoms with E-state index in [-0.39, 0.29) is 18.2 Å². The molecule has 6 heteroatoms. The lowest BCUT2D eigenvalue weighted by Gasteiger charge is -2.45. The van der Waals surface area contributed by atoms with Crippen molar-refractivity contribution in [1.29, 1.82) is 0 Å². The van der Waals surface area contributed by atoms with Gasteiger partial charge in [-0.15, -0.1) is 0 Å². The molecule has 2 aliphatic heterocycles. The molecule has 6 nitrogen and oxygen atoms in total. The smallest absolute Gasteiger partial charge is 0.411 e. The van der Waals surface area contributed by atoms with Gasteiger partial charge in [-0.25, -0.2) is 9.78 Å². The molecule has 4 rings (SSSR count). The first kappa shape index (κ1) is 16.1. The molecule has 2 unspecified atom stereocenters. The second-order valence-corrected chi connectivity index (χ2v) is 7.88. The Balaban J connectivity index is 1.66. The predicted octanol–water partition coefficient (Wildman–Crippen LogP) is 3.67. The number of hydrogen-bond donors (Lipinski definition) is 0. The van der Waals surface area contributed by atoms with Crippen LogP contribution in [0.4, 0.5) is 4.79 Å². The maximum absolute atomic E-state index is 12.7. The highest BCUT2D eigenvalue weighted by Gasteiger charge is 2.39. The molecule has 0 spiro atoms. The van der Waals surface area contributed by atoms with Crippen LogP contribution in [0.1, 0.15) is 52.1 Å². The summed E-state index contributed by atoms with van der Waals surface area (Å²) in [5, 5.41) is 0. The molecule has 0 aromatic carbocycles. The van der Waals surface area contributed by atoms with Crippen molar-refractivity contribution < 1.29 is 9.53 Å². The maximum Gasteiger partial charge on any atom is 0.411 e. The van der Waals surface area contributed by atoms with Crippen LogP contribution >= 0.6 is 0 Å². The van der Waals surface area contributed by atoms with Gasteiger partial charge in [-0.3, -0.25) is 14.3 Å². The number of hydrogen-bond acceptors (Lipinski definition) is 4. The van der Waals surface area contributed by atoms with Crippen LogP contribution in [0.3, 0.4) is 0 Å². The molecule has 1 fully saturated rings. The van der Waals surface area contributed by atoms with Gasteiger partial charge in [0.25, 0.3) is 0 Å². The van der Waals surface area contributed by atoms with Crippen LogP contribution in [0, 0.1) is 0 Å². The van der Waals surface area contributed by atoms with E-state index in [1.807, 2.05) is 38.1 Å². The van der Waals surface area contributed by atoms with Gasteiger partial charge in [-0.05, 0) is 52.0 Å². The molecule has 2 aliphatic rings. The molecule has 132 valence electrons. The fourth-order valence-corrected chi connectivity index (χ4v) is 3.90. The summed E-state index contributed by atoms with van der Waals surface area (Å²) in [5.41, 5.74) is 2.73. The molecule has 1 saturated heterocycles. The van der Waals surface area contributed by atoms with E-state index in [9.17, 15) is 4.79 Å². The number of nitrogens with zero attached hydrogens (tertiary/aromatic N) is 4. The second kappa shape index (κ2) is 5.86. The molecule has 0 aliphatic carbocycles. The Labute approximate surface area is 147 Å². The lowest BCUT2D eigenvalue weighted by molar-refractivity contribution is 0.0000650. The van der Waals surface area contributed by atoms with Crippen molar-refractivity contribution in [1.82, 2.24) is 19.3 Å². The quantitative estimate of drug-likeness (QED) is 0.794. The molecule has 2 aromatic rings. The van der Waals surface area contributed by atoms with Gasteiger partial charge < -0.3 is 4.74 Å². The first-order valence-electron chi connectivity index (χ1n) is 8.92. The number of carbonyl (C=O) groups excluding carboxylic acids is 1. The van der Waals surface area contributed by atoms with Crippen LogP contribution in [0.2, 0.25) is 0 Å². The van der Waals surface area contributed by atoms with E-state index in [0.717, 1.165) is 37.0 Å². The Morgan fingerprint density at radius 1 is 1.28 bits per heavy atom. The predicted molar refractivity (Wildman–Crippen MR) is 95.1 cm³/mol. The average Bonchev–Trinajstić information content (AvgIpc) is 2.96. The Hall–Kier alpha value is -2.37. The first-order valence-corrected chi connectivity index (χ1v) is 8.92. The average molecular weight is 340 g/mol. The SMILES string of the molecule is CC(C)(C)OC(=O)N1C2C=C(c3cnc4cnccn34)CC1CCC2. The number of fused-ring (bicyclic) bond motifs is 3. The van der Waals surface area contributed by atoms with Gasteiger partial charge in [0, 0.05) is 18.4 Å². The van der Waals surface area contributed by atoms with E-state index >= 15 is 0 Å². The fraction of sp³-hybridized carbons (Fsp3) is 0.526. The van der Waals surface area contributed by atoms with E-state index in [1.165, 1.54) is 5.57 Å². The number of ether oxygens (including phenoxy) is 1. The minimum absolute atomic E-state index is 0.102. The third kappa shape index (κ3) is 3.01. The molecule has 0 radical (unpaired) electrons. The molecular formula is C19H24N4O2. The van der Waals surface area contributed by atoms with Crippen LogP contribution in [-0.4, -0.2) is 43.0 Å². The monoisotopic (exact) mass is 340 g/mol. The summed E-state index contributed by atoms with van der Waals surface area (Å²) in [6.45, 7) is 5.75. The zero-order chi connectivity index (χ0) is 17.6. The summed E-state index contributed by atoms with van der Waals surface area (Å²) in [6, 6.07) is 0.297. The van der Waals surface area contributed by atoms with Crippen LogP contribution < -0.4 is 0 Å². The summed E-state index contributed by atoms with van der Waals surface area (Å²) in [4.78, 5) is 23.2. The van der Waals surface area contributed by atoms with Gasteiger partial charge in [-0.2, -0.15) is 0 Å². The van der Waals surface area contributed by atoms with Crippen molar-refractivity contribution >= 4 is 17.3 Å². The van der Waals surface area contributed by atoms with Crippen LogP contribution in [0.25, 0.3) is 11.2 Å². The molecule has 25 heavy (non-hydrogen) atoms. The minimum atomic E-state index is -0.468. The largest absolute Gasteiger partial charge is 0.444 e. The lowest BCUT2D eigenvalue weighted by atomic mass is 9.84. The highest BCUT2D eigenvalue weighted by molar-refractivity contribution is 5.74. The molecule has 2 aromatic heterocycles. The Kier molecular flexibility index (Phi) is 3.78. The number of imidazole rings is 1. The van der Waals surface area contributed by atoms with Crippen molar-refractivity contribution in [2.24, 2.45) is 0 Å². The third-order valence-electron chi connectivity index (χ3n) is 4.89. The number of aromatic nitrogens is 3. The Morgan fingerprint density at radius 2 is 2.12 bits per heavy atom. The molecule has 0 saturated carbocycles. The van der Waals surface area contributed by atoms with Gasteiger partial charge in [0.15, 0.2) is 5.65 Å². The third-order valence-corrected chi connectivity index (χ3v) is 4.89. The second-order valence-electron chi connectivity index (χ2n) is 7.88. The van der Waals surface area contributed by atoms with Crippen LogP contribution in [0.15, 0.2) is 30.9 Å². The maximum atomic E-state index is 12.7. The van der Waals surface area contributed by atoms with E-state index in [2.05, 4.69) is 20.4 Å².